The molecule has 98 valence electrons. The Balaban J connectivity index is 2.13. The molecule has 0 radical (unpaired) electrons. The Hall–Kier alpha value is -2.08. The first-order chi connectivity index (χ1) is 9.04. The summed E-state index contributed by atoms with van der Waals surface area (Å²) in [7, 11) is 0. The van der Waals surface area contributed by atoms with Crippen molar-refractivity contribution < 1.29 is 4.79 Å². The lowest BCUT2D eigenvalue weighted by molar-refractivity contribution is -0.114. The van der Waals surface area contributed by atoms with Crippen molar-refractivity contribution in [2.45, 2.75) is 6.92 Å². The Morgan fingerprint density at radius 1 is 1.26 bits per heavy atom. The molecule has 0 spiro atoms. The molecule has 1 aromatic heterocycles. The maximum Gasteiger partial charge on any atom is 0.221 e. The highest BCUT2D eigenvalue weighted by atomic mass is 79.9. The predicted octanol–water partition coefficient (Wildman–Crippen LogP) is 3.13. The second kappa shape index (κ2) is 5.71. The zero-order valence-electron chi connectivity index (χ0n) is 10.3. The fourth-order valence-electron chi connectivity index (χ4n) is 1.52. The molecule has 0 saturated heterocycles. The van der Waals surface area contributed by atoms with E-state index in [-0.39, 0.29) is 5.91 Å². The van der Waals surface area contributed by atoms with Gasteiger partial charge in [-0.3, -0.25) is 4.79 Å². The van der Waals surface area contributed by atoms with Crippen LogP contribution in [0.25, 0.3) is 0 Å². The van der Waals surface area contributed by atoms with Crippen molar-refractivity contribution in [1.29, 1.82) is 0 Å². The molecule has 0 fully saturated rings. The second-order valence-corrected chi connectivity index (χ2v) is 4.84. The normalized spacial score (nSPS) is 10.0. The van der Waals surface area contributed by atoms with Gasteiger partial charge in [0.05, 0.1) is 16.4 Å². The average Bonchev–Trinajstić information content (AvgIpc) is 2.34. The molecule has 0 aliphatic rings. The number of nitrogens with zero attached hydrogens (tertiary/aromatic N) is 1. The number of halogens is 1. The van der Waals surface area contributed by atoms with Gasteiger partial charge in [-0.1, -0.05) is 0 Å². The van der Waals surface area contributed by atoms with Crippen molar-refractivity contribution in [3.8, 4) is 0 Å². The minimum Gasteiger partial charge on any atom is -0.397 e. The molecule has 6 heteroatoms. The lowest BCUT2D eigenvalue weighted by Gasteiger charge is -2.09. The van der Waals surface area contributed by atoms with E-state index in [0.29, 0.717) is 11.5 Å². The van der Waals surface area contributed by atoms with E-state index in [1.807, 2.05) is 24.3 Å². The van der Waals surface area contributed by atoms with E-state index in [9.17, 15) is 4.79 Å². The number of rotatable bonds is 3. The summed E-state index contributed by atoms with van der Waals surface area (Å²) in [5, 5.41) is 5.86. The summed E-state index contributed by atoms with van der Waals surface area (Å²) < 4.78 is 0.790. The topological polar surface area (TPSA) is 80.0 Å². The van der Waals surface area contributed by atoms with E-state index in [1.54, 1.807) is 12.3 Å². The number of aromatic nitrogens is 1. The highest BCUT2D eigenvalue weighted by molar-refractivity contribution is 9.10. The monoisotopic (exact) mass is 320 g/mol. The zero-order valence-corrected chi connectivity index (χ0v) is 11.9. The van der Waals surface area contributed by atoms with Gasteiger partial charge in [0, 0.05) is 18.3 Å². The van der Waals surface area contributed by atoms with Gasteiger partial charge in [0.15, 0.2) is 0 Å². The molecule has 0 aliphatic heterocycles. The van der Waals surface area contributed by atoms with Crippen LogP contribution in [0.2, 0.25) is 0 Å². The summed E-state index contributed by atoms with van der Waals surface area (Å²) in [6.45, 7) is 1.47. The molecule has 0 bridgehead atoms. The zero-order chi connectivity index (χ0) is 13.8. The van der Waals surface area contributed by atoms with Crippen molar-refractivity contribution in [2.24, 2.45) is 0 Å². The molecule has 0 saturated carbocycles. The fourth-order valence-corrected chi connectivity index (χ4v) is 1.99. The van der Waals surface area contributed by atoms with Crippen molar-refractivity contribution >= 4 is 44.7 Å². The SMILES string of the molecule is CC(=O)Nc1ccc(Nc2ncc(N)cc2Br)cc1. The molecule has 0 aliphatic carbocycles. The van der Waals surface area contributed by atoms with Crippen LogP contribution in [0, 0.1) is 0 Å². The van der Waals surface area contributed by atoms with Gasteiger partial charge in [0.2, 0.25) is 5.91 Å². The third-order valence-electron chi connectivity index (χ3n) is 2.33. The van der Waals surface area contributed by atoms with Crippen LogP contribution in [0.4, 0.5) is 22.9 Å². The van der Waals surface area contributed by atoms with Crippen molar-refractivity contribution in [3.05, 3.63) is 41.0 Å². The summed E-state index contributed by atoms with van der Waals surface area (Å²) >= 11 is 3.39. The van der Waals surface area contributed by atoms with Gasteiger partial charge in [0.1, 0.15) is 5.82 Å². The highest BCUT2D eigenvalue weighted by Crippen LogP contribution is 2.25. The molecule has 0 atom stereocenters. The van der Waals surface area contributed by atoms with Gasteiger partial charge in [0.25, 0.3) is 0 Å². The number of benzene rings is 1. The molecule has 2 aromatic rings. The number of nitrogens with one attached hydrogen (secondary N) is 2. The Morgan fingerprint density at radius 3 is 2.47 bits per heavy atom. The lowest BCUT2D eigenvalue weighted by atomic mass is 10.2. The van der Waals surface area contributed by atoms with E-state index in [0.717, 1.165) is 15.8 Å². The van der Waals surface area contributed by atoms with Crippen LogP contribution in [0.15, 0.2) is 41.0 Å². The molecule has 19 heavy (non-hydrogen) atoms. The van der Waals surface area contributed by atoms with Crippen molar-refractivity contribution in [1.82, 2.24) is 4.98 Å². The first-order valence-electron chi connectivity index (χ1n) is 5.60. The number of anilines is 4. The molecule has 5 nitrogen and oxygen atoms in total. The molecular formula is C13H13BrN4O. The van der Waals surface area contributed by atoms with E-state index >= 15 is 0 Å². The van der Waals surface area contributed by atoms with Gasteiger partial charge >= 0.3 is 0 Å². The van der Waals surface area contributed by atoms with Crippen LogP contribution in [0.5, 0.6) is 0 Å². The largest absolute Gasteiger partial charge is 0.397 e. The molecule has 2 rings (SSSR count). The van der Waals surface area contributed by atoms with E-state index in [4.69, 9.17) is 5.73 Å². The minimum atomic E-state index is -0.0938. The Labute approximate surface area is 119 Å². The van der Waals surface area contributed by atoms with Gasteiger partial charge in [-0.2, -0.15) is 0 Å². The number of hydrogen-bond donors (Lipinski definition) is 3. The van der Waals surface area contributed by atoms with Crippen LogP contribution in [-0.2, 0) is 4.79 Å². The van der Waals surface area contributed by atoms with Gasteiger partial charge in [-0.15, -0.1) is 0 Å². The second-order valence-electron chi connectivity index (χ2n) is 3.98. The first-order valence-corrected chi connectivity index (χ1v) is 6.39. The van der Waals surface area contributed by atoms with Crippen LogP contribution < -0.4 is 16.4 Å². The smallest absolute Gasteiger partial charge is 0.221 e. The first kappa shape index (κ1) is 13.4. The molecule has 4 N–H and O–H groups in total. The number of nitrogen functional groups attached to an aromatic ring is 1. The highest BCUT2D eigenvalue weighted by Gasteiger charge is 2.03. The molecule has 0 unspecified atom stereocenters. The van der Waals surface area contributed by atoms with Crippen LogP contribution >= 0.6 is 15.9 Å². The number of amides is 1. The maximum atomic E-state index is 10.9. The third-order valence-corrected chi connectivity index (χ3v) is 2.93. The summed E-state index contributed by atoms with van der Waals surface area (Å²) in [6, 6.07) is 9.12. The number of nitrogens with two attached hydrogens (primary N) is 1. The molecule has 1 aromatic carbocycles. The predicted molar refractivity (Wildman–Crippen MR) is 80.4 cm³/mol. The van der Waals surface area contributed by atoms with Crippen molar-refractivity contribution in [3.63, 3.8) is 0 Å². The van der Waals surface area contributed by atoms with Gasteiger partial charge < -0.3 is 16.4 Å². The average molecular weight is 321 g/mol. The number of carbonyl (C=O) groups is 1. The van der Waals surface area contributed by atoms with E-state index in [2.05, 4.69) is 31.5 Å². The maximum absolute atomic E-state index is 10.9. The Bertz CT molecular complexity index is 598. The van der Waals surface area contributed by atoms with Crippen LogP contribution in [-0.4, -0.2) is 10.9 Å². The summed E-state index contributed by atoms with van der Waals surface area (Å²) in [4.78, 5) is 15.1. The third kappa shape index (κ3) is 3.69. The number of pyridine rings is 1. The lowest BCUT2D eigenvalue weighted by Crippen LogP contribution is -2.05. The van der Waals surface area contributed by atoms with Gasteiger partial charge in [-0.05, 0) is 46.3 Å². The fraction of sp³-hybridized carbons (Fsp3) is 0.0769. The molecule has 1 heterocycles. The van der Waals surface area contributed by atoms with Crippen LogP contribution in [0.1, 0.15) is 6.92 Å². The number of carbonyl (C=O) groups excluding carboxylic acids is 1. The standard InChI is InChI=1S/C13H13BrN4O/c1-8(19)17-10-2-4-11(5-3-10)18-13-12(14)6-9(15)7-16-13/h2-7H,15H2,1H3,(H,16,18)(H,17,19). The van der Waals surface area contributed by atoms with Gasteiger partial charge in [-0.25, -0.2) is 4.98 Å². The Morgan fingerprint density at radius 2 is 1.89 bits per heavy atom. The molecule has 1 amide bonds. The van der Waals surface area contributed by atoms with E-state index < -0.39 is 0 Å². The number of hydrogen-bond acceptors (Lipinski definition) is 4. The molecular weight excluding hydrogens is 308 g/mol. The minimum absolute atomic E-state index is 0.0938. The van der Waals surface area contributed by atoms with Crippen molar-refractivity contribution in [2.75, 3.05) is 16.4 Å². The summed E-state index contributed by atoms with van der Waals surface area (Å²) in [5.74, 6) is 0.588. The van der Waals surface area contributed by atoms with E-state index in [1.165, 1.54) is 6.92 Å². The Kier molecular flexibility index (Phi) is 4.01. The summed E-state index contributed by atoms with van der Waals surface area (Å²) in [5.41, 5.74) is 7.84. The van der Waals surface area contributed by atoms with Crippen LogP contribution in [0.3, 0.4) is 0 Å². The summed E-state index contributed by atoms with van der Waals surface area (Å²) in [6.07, 6.45) is 1.58. The quantitative estimate of drug-likeness (QED) is 0.811.